The van der Waals surface area contributed by atoms with Crippen molar-refractivity contribution in [3.8, 4) is 0 Å². The number of aliphatic hydroxyl groups excluding tert-OH is 1. The lowest BCUT2D eigenvalue weighted by atomic mass is 10.0. The van der Waals surface area contributed by atoms with Gasteiger partial charge in [0.05, 0.1) is 6.10 Å². The molecule has 88 valence electrons. The molecule has 16 heavy (non-hydrogen) atoms. The van der Waals surface area contributed by atoms with E-state index in [2.05, 4.69) is 5.32 Å². The van der Waals surface area contributed by atoms with Crippen LogP contribution in [0.5, 0.6) is 0 Å². The average molecular weight is 222 g/mol. The minimum atomic E-state index is -0.598. The maximum Gasteiger partial charge on any atom is 0.251 e. The van der Waals surface area contributed by atoms with Crippen molar-refractivity contribution in [3.63, 3.8) is 0 Å². The maximum atomic E-state index is 11.6. The first kappa shape index (κ1) is 12.7. The number of aliphatic hydroxyl groups is 1. The highest BCUT2D eigenvalue weighted by molar-refractivity contribution is 5.94. The summed E-state index contributed by atoms with van der Waals surface area (Å²) in [4.78, 5) is 11.6. The predicted octanol–water partition coefficient (Wildman–Crippen LogP) is 0.819. The fourth-order valence-electron chi connectivity index (χ4n) is 1.47. The van der Waals surface area contributed by atoms with Crippen molar-refractivity contribution < 1.29 is 9.90 Å². The molecule has 1 amide bonds. The smallest absolute Gasteiger partial charge is 0.251 e. The molecule has 0 aromatic heterocycles. The van der Waals surface area contributed by atoms with Gasteiger partial charge in [-0.25, -0.2) is 0 Å². The van der Waals surface area contributed by atoms with Crippen LogP contribution in [-0.2, 0) is 0 Å². The van der Waals surface area contributed by atoms with E-state index in [1.54, 1.807) is 24.3 Å². The van der Waals surface area contributed by atoms with Gasteiger partial charge in [0.15, 0.2) is 0 Å². The second-order valence-corrected chi connectivity index (χ2v) is 3.58. The first-order valence-corrected chi connectivity index (χ1v) is 5.45. The molecule has 0 saturated heterocycles. The molecule has 0 spiro atoms. The molecule has 4 N–H and O–H groups in total. The topological polar surface area (TPSA) is 75.3 Å². The third-order valence-corrected chi connectivity index (χ3v) is 2.31. The molecule has 1 rings (SSSR count). The quantitative estimate of drug-likeness (QED) is 0.690. The fraction of sp³-hybridized carbons (Fsp3) is 0.417. The standard InChI is InChI=1S/C12H18N2O2/c1-2-14-12(16)10-5-3-4-9(8-10)11(15)6-7-13/h3-5,8,11,15H,2,6-7,13H2,1H3,(H,14,16)/t11-/m1/s1. The third-order valence-electron chi connectivity index (χ3n) is 2.31. The maximum absolute atomic E-state index is 11.6. The first-order valence-electron chi connectivity index (χ1n) is 5.45. The van der Waals surface area contributed by atoms with Crippen LogP contribution in [-0.4, -0.2) is 24.1 Å². The number of carbonyl (C=O) groups is 1. The molecule has 1 aromatic carbocycles. The van der Waals surface area contributed by atoms with Gasteiger partial charge in [-0.3, -0.25) is 4.79 Å². The average Bonchev–Trinajstić information content (AvgIpc) is 2.30. The summed E-state index contributed by atoms with van der Waals surface area (Å²) in [6, 6.07) is 6.98. The van der Waals surface area contributed by atoms with E-state index in [4.69, 9.17) is 5.73 Å². The van der Waals surface area contributed by atoms with Crippen molar-refractivity contribution in [1.82, 2.24) is 5.32 Å². The highest BCUT2D eigenvalue weighted by atomic mass is 16.3. The van der Waals surface area contributed by atoms with E-state index in [1.807, 2.05) is 6.92 Å². The fourth-order valence-corrected chi connectivity index (χ4v) is 1.47. The molecule has 1 atom stereocenters. The van der Waals surface area contributed by atoms with E-state index < -0.39 is 6.10 Å². The van der Waals surface area contributed by atoms with Gasteiger partial charge in [-0.1, -0.05) is 12.1 Å². The molecule has 0 bridgehead atoms. The van der Waals surface area contributed by atoms with Crippen LogP contribution in [0.3, 0.4) is 0 Å². The zero-order valence-corrected chi connectivity index (χ0v) is 9.44. The monoisotopic (exact) mass is 222 g/mol. The Morgan fingerprint density at radius 3 is 2.94 bits per heavy atom. The molecule has 0 aliphatic heterocycles. The van der Waals surface area contributed by atoms with Gasteiger partial charge in [0.2, 0.25) is 0 Å². The normalized spacial score (nSPS) is 12.2. The summed E-state index contributed by atoms with van der Waals surface area (Å²) in [5.41, 5.74) is 6.67. The molecule has 0 radical (unpaired) electrons. The van der Waals surface area contributed by atoms with Gasteiger partial charge in [0, 0.05) is 12.1 Å². The minimum absolute atomic E-state index is 0.121. The Kier molecular flexibility index (Phi) is 4.95. The van der Waals surface area contributed by atoms with E-state index in [1.165, 1.54) is 0 Å². The zero-order chi connectivity index (χ0) is 12.0. The van der Waals surface area contributed by atoms with E-state index in [0.717, 1.165) is 5.56 Å². The van der Waals surface area contributed by atoms with Crippen molar-refractivity contribution in [2.24, 2.45) is 5.73 Å². The lowest BCUT2D eigenvalue weighted by Crippen LogP contribution is -2.22. The van der Waals surface area contributed by atoms with Gasteiger partial charge >= 0.3 is 0 Å². The molecule has 1 aromatic rings. The molecular formula is C12H18N2O2. The SMILES string of the molecule is CCNC(=O)c1cccc([C@H](O)CCN)c1. The van der Waals surface area contributed by atoms with Gasteiger partial charge in [0.1, 0.15) is 0 Å². The second-order valence-electron chi connectivity index (χ2n) is 3.58. The molecule has 4 heteroatoms. The summed E-state index contributed by atoms with van der Waals surface area (Å²) >= 11 is 0. The highest BCUT2D eigenvalue weighted by Crippen LogP contribution is 2.17. The van der Waals surface area contributed by atoms with E-state index in [-0.39, 0.29) is 5.91 Å². The Morgan fingerprint density at radius 1 is 1.56 bits per heavy atom. The van der Waals surface area contributed by atoms with Crippen molar-refractivity contribution >= 4 is 5.91 Å². The largest absolute Gasteiger partial charge is 0.388 e. The summed E-state index contributed by atoms with van der Waals surface area (Å²) in [6.07, 6.45) is -0.0989. The van der Waals surface area contributed by atoms with Crippen LogP contribution < -0.4 is 11.1 Å². The molecule has 0 heterocycles. The number of nitrogens with one attached hydrogen (secondary N) is 1. The lowest BCUT2D eigenvalue weighted by molar-refractivity contribution is 0.0955. The number of carbonyl (C=O) groups excluding carboxylic acids is 1. The van der Waals surface area contributed by atoms with Crippen molar-refractivity contribution in [2.45, 2.75) is 19.4 Å². The number of rotatable bonds is 5. The molecule has 0 fully saturated rings. The van der Waals surface area contributed by atoms with Crippen LogP contribution in [0.15, 0.2) is 24.3 Å². The summed E-state index contributed by atoms with van der Waals surface area (Å²) in [7, 11) is 0. The molecule has 0 unspecified atom stereocenters. The first-order chi connectivity index (χ1) is 7.69. The highest BCUT2D eigenvalue weighted by Gasteiger charge is 2.09. The predicted molar refractivity (Wildman–Crippen MR) is 63.1 cm³/mol. The second kappa shape index (κ2) is 6.25. The van der Waals surface area contributed by atoms with Gasteiger partial charge in [0.25, 0.3) is 5.91 Å². The Bertz CT molecular complexity index is 353. The molecule has 0 saturated carbocycles. The van der Waals surface area contributed by atoms with Crippen LogP contribution in [0.25, 0.3) is 0 Å². The van der Waals surface area contributed by atoms with E-state index >= 15 is 0 Å². The molecular weight excluding hydrogens is 204 g/mol. The number of benzene rings is 1. The van der Waals surface area contributed by atoms with Crippen LogP contribution in [0, 0.1) is 0 Å². The minimum Gasteiger partial charge on any atom is -0.388 e. The molecule has 0 aliphatic carbocycles. The van der Waals surface area contributed by atoms with Crippen LogP contribution >= 0.6 is 0 Å². The zero-order valence-electron chi connectivity index (χ0n) is 9.44. The van der Waals surface area contributed by atoms with Gasteiger partial charge < -0.3 is 16.2 Å². The number of hydrogen-bond acceptors (Lipinski definition) is 3. The Morgan fingerprint density at radius 2 is 2.31 bits per heavy atom. The van der Waals surface area contributed by atoms with Crippen molar-refractivity contribution in [2.75, 3.05) is 13.1 Å². The van der Waals surface area contributed by atoms with Crippen LogP contribution in [0.2, 0.25) is 0 Å². The number of amides is 1. The number of nitrogens with two attached hydrogens (primary N) is 1. The molecule has 0 aliphatic rings. The Labute approximate surface area is 95.5 Å². The molecule has 4 nitrogen and oxygen atoms in total. The van der Waals surface area contributed by atoms with Crippen molar-refractivity contribution in [1.29, 1.82) is 0 Å². The van der Waals surface area contributed by atoms with E-state index in [0.29, 0.717) is 25.1 Å². The summed E-state index contributed by atoms with van der Waals surface area (Å²) < 4.78 is 0. The van der Waals surface area contributed by atoms with Gasteiger partial charge in [-0.05, 0) is 37.6 Å². The van der Waals surface area contributed by atoms with Crippen LogP contribution in [0.4, 0.5) is 0 Å². The summed E-state index contributed by atoms with van der Waals surface area (Å²) in [6.45, 7) is 2.88. The number of hydrogen-bond donors (Lipinski definition) is 3. The third kappa shape index (κ3) is 3.32. The van der Waals surface area contributed by atoms with Crippen LogP contribution in [0.1, 0.15) is 35.4 Å². The summed E-state index contributed by atoms with van der Waals surface area (Å²) in [5.74, 6) is -0.121. The lowest BCUT2D eigenvalue weighted by Gasteiger charge is -2.10. The Balaban J connectivity index is 2.82. The van der Waals surface area contributed by atoms with E-state index in [9.17, 15) is 9.90 Å². The Hall–Kier alpha value is -1.39. The summed E-state index contributed by atoms with van der Waals surface area (Å²) in [5, 5.41) is 12.5. The van der Waals surface area contributed by atoms with Gasteiger partial charge in [-0.2, -0.15) is 0 Å². The van der Waals surface area contributed by atoms with Crippen molar-refractivity contribution in [3.05, 3.63) is 35.4 Å². The van der Waals surface area contributed by atoms with Gasteiger partial charge in [-0.15, -0.1) is 0 Å².